The van der Waals surface area contributed by atoms with Crippen molar-refractivity contribution in [3.05, 3.63) is 48.7 Å². The molecule has 2 atom stereocenters. The van der Waals surface area contributed by atoms with Gasteiger partial charge in [0.25, 0.3) is 0 Å². The normalized spacial score (nSPS) is 19.7. The minimum absolute atomic E-state index is 0.158. The number of likely N-dealkylation sites (tertiary alicyclic amines) is 1. The maximum Gasteiger partial charge on any atom is 0.233 e. The second-order valence-corrected chi connectivity index (χ2v) is 8.43. The third kappa shape index (κ3) is 3.99. The Kier molecular flexibility index (Phi) is 5.52. The summed E-state index contributed by atoms with van der Waals surface area (Å²) in [6, 6.07) is 13.6. The molecular formula is C21H24N4O2S. The van der Waals surface area contributed by atoms with Crippen LogP contribution in [0.2, 0.25) is 0 Å². The zero-order valence-electron chi connectivity index (χ0n) is 16.1. The molecule has 0 spiro atoms. The minimum Gasteiger partial charge on any atom is -0.461 e. The average Bonchev–Trinajstić information content (AvgIpc) is 3.35. The number of rotatable bonds is 5. The number of furan rings is 1. The summed E-state index contributed by atoms with van der Waals surface area (Å²) >= 11 is 1.42. The quantitative estimate of drug-likeness (QED) is 0.607. The fourth-order valence-corrected chi connectivity index (χ4v) is 4.68. The maximum absolute atomic E-state index is 12.8. The number of hydrogen-bond donors (Lipinski definition) is 0. The number of hydrogen-bond acceptors (Lipinski definition) is 5. The molecule has 0 N–H and O–H groups in total. The van der Waals surface area contributed by atoms with Gasteiger partial charge in [-0.2, -0.15) is 0 Å². The van der Waals surface area contributed by atoms with Crippen molar-refractivity contribution in [1.82, 2.24) is 19.7 Å². The summed E-state index contributed by atoms with van der Waals surface area (Å²) in [5, 5.41) is 9.35. The van der Waals surface area contributed by atoms with Gasteiger partial charge in [0.1, 0.15) is 0 Å². The molecule has 2 unspecified atom stereocenters. The second-order valence-electron chi connectivity index (χ2n) is 7.49. The molecule has 2 aromatic heterocycles. The molecule has 28 heavy (non-hydrogen) atoms. The molecule has 1 aliphatic heterocycles. The molecule has 7 heteroatoms. The van der Waals surface area contributed by atoms with E-state index in [9.17, 15) is 4.79 Å². The fourth-order valence-electron chi connectivity index (χ4n) is 3.82. The minimum atomic E-state index is 0.158. The van der Waals surface area contributed by atoms with Crippen molar-refractivity contribution in [3.8, 4) is 17.3 Å². The van der Waals surface area contributed by atoms with Crippen molar-refractivity contribution < 1.29 is 9.21 Å². The molecule has 6 nitrogen and oxygen atoms in total. The second kappa shape index (κ2) is 8.22. The largest absolute Gasteiger partial charge is 0.461 e. The molecule has 1 aromatic carbocycles. The molecule has 3 aromatic rings. The van der Waals surface area contributed by atoms with Crippen molar-refractivity contribution in [2.75, 3.05) is 18.8 Å². The highest BCUT2D eigenvalue weighted by Crippen LogP contribution is 2.29. The van der Waals surface area contributed by atoms with Gasteiger partial charge in [0.2, 0.25) is 11.7 Å². The van der Waals surface area contributed by atoms with Crippen molar-refractivity contribution in [1.29, 1.82) is 0 Å². The fraction of sp³-hybridized carbons (Fsp3) is 0.381. The van der Waals surface area contributed by atoms with Crippen LogP contribution >= 0.6 is 11.8 Å². The number of carbonyl (C=O) groups is 1. The monoisotopic (exact) mass is 396 g/mol. The average molecular weight is 397 g/mol. The van der Waals surface area contributed by atoms with Gasteiger partial charge in [-0.05, 0) is 42.5 Å². The third-order valence-corrected chi connectivity index (χ3v) is 5.85. The van der Waals surface area contributed by atoms with Crippen molar-refractivity contribution in [2.24, 2.45) is 11.8 Å². The Labute approximate surface area is 168 Å². The van der Waals surface area contributed by atoms with E-state index in [2.05, 4.69) is 24.0 Å². The van der Waals surface area contributed by atoms with Gasteiger partial charge in [-0.25, -0.2) is 0 Å². The van der Waals surface area contributed by atoms with E-state index in [0.29, 0.717) is 34.3 Å². The van der Waals surface area contributed by atoms with Crippen LogP contribution in [-0.2, 0) is 4.79 Å². The molecule has 1 aliphatic rings. The number of para-hydroxylation sites is 1. The first kappa shape index (κ1) is 18.8. The van der Waals surface area contributed by atoms with Crippen LogP contribution in [0.25, 0.3) is 17.3 Å². The molecule has 0 bridgehead atoms. The molecule has 146 valence electrons. The van der Waals surface area contributed by atoms with Crippen molar-refractivity contribution in [2.45, 2.75) is 25.4 Å². The zero-order chi connectivity index (χ0) is 19.5. The summed E-state index contributed by atoms with van der Waals surface area (Å²) in [7, 11) is 0. The Morgan fingerprint density at radius 1 is 1.11 bits per heavy atom. The Morgan fingerprint density at radius 2 is 1.86 bits per heavy atom. The van der Waals surface area contributed by atoms with Gasteiger partial charge in [0.05, 0.1) is 12.0 Å². The Hall–Kier alpha value is -2.54. The molecule has 1 fully saturated rings. The van der Waals surface area contributed by atoms with Gasteiger partial charge >= 0.3 is 0 Å². The van der Waals surface area contributed by atoms with Crippen LogP contribution in [0, 0.1) is 11.8 Å². The first-order chi connectivity index (χ1) is 13.6. The van der Waals surface area contributed by atoms with E-state index in [4.69, 9.17) is 4.42 Å². The van der Waals surface area contributed by atoms with E-state index >= 15 is 0 Å². The Balaban J connectivity index is 1.56. The summed E-state index contributed by atoms with van der Waals surface area (Å²) in [5.74, 6) is 2.89. The van der Waals surface area contributed by atoms with Crippen LogP contribution in [0.1, 0.15) is 20.3 Å². The van der Waals surface area contributed by atoms with Crippen LogP contribution < -0.4 is 0 Å². The van der Waals surface area contributed by atoms with Crippen LogP contribution in [0.3, 0.4) is 0 Å². The predicted molar refractivity (Wildman–Crippen MR) is 109 cm³/mol. The molecule has 4 rings (SSSR count). The van der Waals surface area contributed by atoms with E-state index in [1.165, 1.54) is 18.2 Å². The lowest BCUT2D eigenvalue weighted by molar-refractivity contribution is -0.130. The summed E-state index contributed by atoms with van der Waals surface area (Å²) in [4.78, 5) is 14.8. The highest BCUT2D eigenvalue weighted by Gasteiger charge is 2.26. The number of piperidine rings is 1. The lowest BCUT2D eigenvalue weighted by atomic mass is 9.92. The molecule has 1 amide bonds. The third-order valence-electron chi connectivity index (χ3n) is 4.94. The maximum atomic E-state index is 12.8. The number of nitrogens with zero attached hydrogens (tertiary/aromatic N) is 4. The zero-order valence-corrected chi connectivity index (χ0v) is 16.9. The smallest absolute Gasteiger partial charge is 0.233 e. The summed E-state index contributed by atoms with van der Waals surface area (Å²) in [6.07, 6.45) is 2.81. The molecule has 3 heterocycles. The first-order valence-corrected chi connectivity index (χ1v) is 10.6. The standard InChI is InChI=1S/C21H24N4O2S/c1-15-11-16(2)13-24(12-15)19(26)14-28-21-23-22-20(18-9-6-10-27-18)25(21)17-7-4-3-5-8-17/h3-10,15-16H,11-14H2,1-2H3. The van der Waals surface area contributed by atoms with Crippen molar-refractivity contribution >= 4 is 17.7 Å². The van der Waals surface area contributed by atoms with Gasteiger partial charge in [0.15, 0.2) is 10.9 Å². The number of thioether (sulfide) groups is 1. The van der Waals surface area contributed by atoms with Gasteiger partial charge < -0.3 is 9.32 Å². The summed E-state index contributed by atoms with van der Waals surface area (Å²) in [6.45, 7) is 6.11. The van der Waals surface area contributed by atoms with Crippen LogP contribution in [0.15, 0.2) is 58.3 Å². The van der Waals surface area contributed by atoms with Gasteiger partial charge in [-0.15, -0.1) is 10.2 Å². The molecule has 0 aliphatic carbocycles. The number of carbonyl (C=O) groups excluding carboxylic acids is 1. The van der Waals surface area contributed by atoms with E-state index in [0.717, 1.165) is 18.8 Å². The SMILES string of the molecule is CC1CC(C)CN(C(=O)CSc2nnc(-c3ccco3)n2-c2ccccc2)C1. The van der Waals surface area contributed by atoms with Crippen LogP contribution in [0.5, 0.6) is 0 Å². The first-order valence-electron chi connectivity index (χ1n) is 9.57. The summed E-state index contributed by atoms with van der Waals surface area (Å²) in [5.41, 5.74) is 0.939. The lowest BCUT2D eigenvalue weighted by Crippen LogP contribution is -2.43. The summed E-state index contributed by atoms with van der Waals surface area (Å²) < 4.78 is 7.47. The molecule has 0 saturated carbocycles. The number of benzene rings is 1. The molecular weight excluding hydrogens is 372 g/mol. The van der Waals surface area contributed by atoms with Gasteiger partial charge in [-0.3, -0.25) is 9.36 Å². The van der Waals surface area contributed by atoms with Gasteiger partial charge in [0, 0.05) is 18.8 Å². The van der Waals surface area contributed by atoms with Crippen LogP contribution in [0.4, 0.5) is 0 Å². The number of amides is 1. The predicted octanol–water partition coefficient (Wildman–Crippen LogP) is 4.12. The van der Waals surface area contributed by atoms with Crippen molar-refractivity contribution in [3.63, 3.8) is 0 Å². The van der Waals surface area contributed by atoms with E-state index < -0.39 is 0 Å². The highest BCUT2D eigenvalue weighted by molar-refractivity contribution is 7.99. The number of aromatic nitrogens is 3. The highest BCUT2D eigenvalue weighted by atomic mass is 32.2. The molecule has 1 saturated heterocycles. The Bertz CT molecular complexity index is 913. The van der Waals surface area contributed by atoms with E-state index in [1.54, 1.807) is 6.26 Å². The van der Waals surface area contributed by atoms with Crippen LogP contribution in [-0.4, -0.2) is 44.4 Å². The lowest BCUT2D eigenvalue weighted by Gasteiger charge is -2.34. The molecule has 0 radical (unpaired) electrons. The van der Waals surface area contributed by atoms with E-state index in [-0.39, 0.29) is 5.91 Å². The van der Waals surface area contributed by atoms with Gasteiger partial charge in [-0.1, -0.05) is 43.8 Å². The Morgan fingerprint density at radius 3 is 2.54 bits per heavy atom. The van der Waals surface area contributed by atoms with E-state index in [1.807, 2.05) is 51.9 Å². The topological polar surface area (TPSA) is 64.2 Å².